The Labute approximate surface area is 118 Å². The zero-order valence-electron chi connectivity index (χ0n) is 12.9. The Morgan fingerprint density at radius 2 is 2.00 bits per heavy atom. The van der Waals surface area contributed by atoms with E-state index in [0.29, 0.717) is 6.04 Å². The Balaban J connectivity index is 2.03. The molecule has 1 N–H and O–H groups in total. The van der Waals surface area contributed by atoms with Crippen LogP contribution in [0.2, 0.25) is 0 Å². The summed E-state index contributed by atoms with van der Waals surface area (Å²) in [6.07, 6.45) is 6.02. The van der Waals surface area contributed by atoms with Crippen molar-refractivity contribution in [2.24, 2.45) is 11.8 Å². The topological polar surface area (TPSA) is 30.5 Å². The highest BCUT2D eigenvalue weighted by molar-refractivity contribution is 4.95. The Bertz CT molecular complexity index is 259. The van der Waals surface area contributed by atoms with E-state index >= 15 is 0 Å². The zero-order chi connectivity index (χ0) is 13.7. The van der Waals surface area contributed by atoms with Crippen molar-refractivity contribution in [3.05, 3.63) is 0 Å². The van der Waals surface area contributed by atoms with Gasteiger partial charge in [-0.25, -0.2) is 0 Å². The minimum Gasteiger partial charge on any atom is -0.378 e. The fourth-order valence-electron chi connectivity index (χ4n) is 3.99. The van der Waals surface area contributed by atoms with Gasteiger partial charge < -0.3 is 14.8 Å². The largest absolute Gasteiger partial charge is 0.378 e. The number of hydrogen-bond donors (Lipinski definition) is 1. The number of rotatable bonds is 6. The average Bonchev–Trinajstić information content (AvgIpc) is 2.87. The number of ether oxygens (including phenoxy) is 2. The van der Waals surface area contributed by atoms with Gasteiger partial charge in [-0.05, 0) is 31.2 Å². The van der Waals surface area contributed by atoms with Crippen LogP contribution in [-0.2, 0) is 9.47 Å². The molecule has 0 bridgehead atoms. The maximum Gasteiger partial charge on any atom is 0.0939 e. The molecule has 2 heterocycles. The van der Waals surface area contributed by atoms with Gasteiger partial charge in [0, 0.05) is 25.7 Å². The second-order valence-electron chi connectivity index (χ2n) is 6.25. The minimum absolute atomic E-state index is 0.0443. The summed E-state index contributed by atoms with van der Waals surface area (Å²) in [5, 5.41) is 3.76. The van der Waals surface area contributed by atoms with Gasteiger partial charge in [0.2, 0.25) is 0 Å². The van der Waals surface area contributed by atoms with Gasteiger partial charge in [0.1, 0.15) is 0 Å². The van der Waals surface area contributed by atoms with Gasteiger partial charge in [-0.2, -0.15) is 0 Å². The summed E-state index contributed by atoms with van der Waals surface area (Å²) in [7, 11) is 0. The maximum atomic E-state index is 6.08. The molecular formula is C16H31NO2. The highest BCUT2D eigenvalue weighted by atomic mass is 16.6. The highest BCUT2D eigenvalue weighted by Crippen LogP contribution is 2.39. The molecule has 112 valence electrons. The highest BCUT2D eigenvalue weighted by Gasteiger charge is 2.43. The predicted molar refractivity (Wildman–Crippen MR) is 78.4 cm³/mol. The molecule has 0 aromatic carbocycles. The molecule has 3 nitrogen and oxygen atoms in total. The van der Waals surface area contributed by atoms with E-state index < -0.39 is 0 Å². The standard InChI is InChI=1S/C16H31NO2/c1-4-13(5-2)15(17-6-3)14-7-9-19-16(11-14)8-10-18-12-16/h13-15,17H,4-12H2,1-3H3. The molecule has 1 spiro atoms. The van der Waals surface area contributed by atoms with E-state index in [1.165, 1.54) is 25.7 Å². The number of hydrogen-bond acceptors (Lipinski definition) is 3. The molecule has 2 rings (SSSR count). The van der Waals surface area contributed by atoms with Crippen LogP contribution in [0.5, 0.6) is 0 Å². The van der Waals surface area contributed by atoms with Crippen molar-refractivity contribution in [1.29, 1.82) is 0 Å². The summed E-state index contributed by atoms with van der Waals surface area (Å²) in [5.41, 5.74) is 0.0443. The fraction of sp³-hybridized carbons (Fsp3) is 1.00. The Kier molecular flexibility index (Phi) is 5.67. The summed E-state index contributed by atoms with van der Waals surface area (Å²) in [4.78, 5) is 0. The lowest BCUT2D eigenvalue weighted by Crippen LogP contribution is -2.49. The van der Waals surface area contributed by atoms with Crippen LogP contribution in [0.3, 0.4) is 0 Å². The van der Waals surface area contributed by atoms with Crippen molar-refractivity contribution in [2.75, 3.05) is 26.4 Å². The maximum absolute atomic E-state index is 6.08. The van der Waals surface area contributed by atoms with Gasteiger partial charge >= 0.3 is 0 Å². The van der Waals surface area contributed by atoms with E-state index in [2.05, 4.69) is 26.1 Å². The SMILES string of the molecule is CCNC(C(CC)CC)C1CCOC2(CCOC2)C1. The third-order valence-electron chi connectivity index (χ3n) is 5.10. The Morgan fingerprint density at radius 3 is 2.58 bits per heavy atom. The van der Waals surface area contributed by atoms with Crippen molar-refractivity contribution >= 4 is 0 Å². The van der Waals surface area contributed by atoms with Crippen LogP contribution >= 0.6 is 0 Å². The molecule has 0 radical (unpaired) electrons. The van der Waals surface area contributed by atoms with Crippen LogP contribution in [0.1, 0.15) is 52.9 Å². The second kappa shape index (κ2) is 7.05. The molecule has 3 heteroatoms. The molecular weight excluding hydrogens is 238 g/mol. The normalized spacial score (nSPS) is 33.2. The molecule has 2 aliphatic rings. The van der Waals surface area contributed by atoms with Gasteiger partial charge in [0.05, 0.1) is 12.2 Å². The number of nitrogens with one attached hydrogen (secondary N) is 1. The molecule has 19 heavy (non-hydrogen) atoms. The molecule has 2 saturated heterocycles. The van der Waals surface area contributed by atoms with E-state index in [0.717, 1.165) is 44.6 Å². The first-order valence-electron chi connectivity index (χ1n) is 8.19. The quantitative estimate of drug-likeness (QED) is 0.804. The van der Waals surface area contributed by atoms with Gasteiger partial charge in [-0.3, -0.25) is 0 Å². The van der Waals surface area contributed by atoms with E-state index in [1.54, 1.807) is 0 Å². The molecule has 0 aromatic rings. The van der Waals surface area contributed by atoms with E-state index in [9.17, 15) is 0 Å². The summed E-state index contributed by atoms with van der Waals surface area (Å²) >= 11 is 0. The summed E-state index contributed by atoms with van der Waals surface area (Å²) < 4.78 is 11.7. The van der Waals surface area contributed by atoms with Crippen molar-refractivity contribution in [2.45, 2.75) is 64.5 Å². The fourth-order valence-corrected chi connectivity index (χ4v) is 3.99. The molecule has 0 aliphatic carbocycles. The molecule has 0 amide bonds. The minimum atomic E-state index is 0.0443. The van der Waals surface area contributed by atoms with Crippen molar-refractivity contribution in [1.82, 2.24) is 5.32 Å². The van der Waals surface area contributed by atoms with Crippen molar-refractivity contribution < 1.29 is 9.47 Å². The predicted octanol–water partition coefficient (Wildman–Crippen LogP) is 2.99. The van der Waals surface area contributed by atoms with E-state index in [1.807, 2.05) is 0 Å². The van der Waals surface area contributed by atoms with Gasteiger partial charge in [-0.1, -0.05) is 33.6 Å². The summed E-state index contributed by atoms with van der Waals surface area (Å²) in [5.74, 6) is 1.54. The lowest BCUT2D eigenvalue weighted by Gasteiger charge is -2.43. The molecule has 3 atom stereocenters. The van der Waals surface area contributed by atoms with Crippen LogP contribution in [0, 0.1) is 11.8 Å². The van der Waals surface area contributed by atoms with Gasteiger partial charge in [-0.15, -0.1) is 0 Å². The molecule has 0 saturated carbocycles. The third-order valence-corrected chi connectivity index (χ3v) is 5.10. The molecule has 0 aromatic heterocycles. The first-order valence-corrected chi connectivity index (χ1v) is 8.19. The van der Waals surface area contributed by atoms with Gasteiger partial charge in [0.25, 0.3) is 0 Å². The lowest BCUT2D eigenvalue weighted by atomic mass is 9.75. The molecule has 3 unspecified atom stereocenters. The average molecular weight is 269 g/mol. The monoisotopic (exact) mass is 269 g/mol. The van der Waals surface area contributed by atoms with E-state index in [-0.39, 0.29) is 5.60 Å². The summed E-state index contributed by atoms with van der Waals surface area (Å²) in [6.45, 7) is 10.6. The first-order chi connectivity index (χ1) is 9.24. The zero-order valence-corrected chi connectivity index (χ0v) is 12.9. The van der Waals surface area contributed by atoms with Crippen molar-refractivity contribution in [3.63, 3.8) is 0 Å². The van der Waals surface area contributed by atoms with Crippen LogP contribution < -0.4 is 5.32 Å². The third kappa shape index (κ3) is 3.50. The molecule has 2 aliphatic heterocycles. The Morgan fingerprint density at radius 1 is 1.21 bits per heavy atom. The van der Waals surface area contributed by atoms with Gasteiger partial charge in [0.15, 0.2) is 0 Å². The first kappa shape index (κ1) is 15.3. The lowest BCUT2D eigenvalue weighted by molar-refractivity contribution is -0.106. The van der Waals surface area contributed by atoms with Crippen molar-refractivity contribution in [3.8, 4) is 0 Å². The molecule has 2 fully saturated rings. The van der Waals surface area contributed by atoms with E-state index in [4.69, 9.17) is 9.47 Å². The van der Waals surface area contributed by atoms with Crippen LogP contribution in [0.15, 0.2) is 0 Å². The Hall–Kier alpha value is -0.120. The van der Waals surface area contributed by atoms with Crippen LogP contribution in [0.25, 0.3) is 0 Å². The van der Waals surface area contributed by atoms with Crippen LogP contribution in [-0.4, -0.2) is 38.0 Å². The smallest absolute Gasteiger partial charge is 0.0939 e. The van der Waals surface area contributed by atoms with Crippen LogP contribution in [0.4, 0.5) is 0 Å². The summed E-state index contributed by atoms with van der Waals surface area (Å²) in [6, 6.07) is 0.654. The second-order valence-corrected chi connectivity index (χ2v) is 6.25.